The molecule has 2 unspecified atom stereocenters. The van der Waals surface area contributed by atoms with E-state index in [1.54, 1.807) is 0 Å². The van der Waals surface area contributed by atoms with Crippen molar-refractivity contribution in [1.29, 1.82) is 0 Å². The molecule has 3 heteroatoms. The van der Waals surface area contributed by atoms with Crippen LogP contribution in [0.2, 0.25) is 0 Å². The topological polar surface area (TPSA) is 43.1 Å². The Morgan fingerprint density at radius 2 is 1.83 bits per heavy atom. The van der Waals surface area contributed by atoms with Crippen LogP contribution < -0.4 is 5.73 Å². The lowest BCUT2D eigenvalue weighted by molar-refractivity contribution is 0.613. The molecule has 0 heterocycles. The van der Waals surface area contributed by atoms with Gasteiger partial charge in [0.05, 0.1) is 0 Å². The van der Waals surface area contributed by atoms with Gasteiger partial charge in [0.15, 0.2) is 0 Å². The summed E-state index contributed by atoms with van der Waals surface area (Å²) in [6.07, 6.45) is 1.94. The third-order valence-corrected chi connectivity index (χ3v) is 3.69. The Balaban J connectivity index is 3.57. The molecular formula is C9H21NOS. The monoisotopic (exact) mass is 191 g/mol. The van der Waals surface area contributed by atoms with Gasteiger partial charge in [0.2, 0.25) is 0 Å². The van der Waals surface area contributed by atoms with Gasteiger partial charge in [-0.05, 0) is 25.3 Å². The first kappa shape index (κ1) is 12.1. The minimum Gasteiger partial charge on any atom is -0.330 e. The molecule has 0 aromatic carbocycles. The first-order valence-corrected chi connectivity index (χ1v) is 6.03. The minimum atomic E-state index is -0.665. The normalized spacial score (nSPS) is 16.4. The zero-order valence-electron chi connectivity index (χ0n) is 8.38. The van der Waals surface area contributed by atoms with E-state index in [2.05, 4.69) is 13.8 Å². The van der Waals surface area contributed by atoms with Crippen LogP contribution in [0.1, 0.15) is 33.6 Å². The van der Waals surface area contributed by atoms with E-state index in [9.17, 15) is 4.21 Å². The summed E-state index contributed by atoms with van der Waals surface area (Å²) in [5.41, 5.74) is 5.39. The van der Waals surface area contributed by atoms with E-state index in [-0.39, 0.29) is 5.25 Å². The molecule has 0 saturated carbocycles. The summed E-state index contributed by atoms with van der Waals surface area (Å²) in [6, 6.07) is 0. The van der Waals surface area contributed by atoms with Gasteiger partial charge < -0.3 is 5.73 Å². The maximum Gasteiger partial charge on any atom is 0.0331 e. The van der Waals surface area contributed by atoms with Crippen LogP contribution in [0.3, 0.4) is 0 Å². The molecule has 0 aliphatic carbocycles. The van der Waals surface area contributed by atoms with Gasteiger partial charge in [-0.3, -0.25) is 4.21 Å². The molecular weight excluding hydrogens is 170 g/mol. The van der Waals surface area contributed by atoms with Crippen molar-refractivity contribution in [3.63, 3.8) is 0 Å². The predicted molar refractivity (Wildman–Crippen MR) is 55.6 cm³/mol. The molecule has 0 aromatic rings. The lowest BCUT2D eigenvalue weighted by Gasteiger charge is -2.10. The van der Waals surface area contributed by atoms with Crippen LogP contribution in [0, 0.1) is 5.92 Å². The number of rotatable bonds is 6. The second kappa shape index (κ2) is 6.61. The van der Waals surface area contributed by atoms with Crippen molar-refractivity contribution in [2.75, 3.05) is 12.3 Å². The molecule has 0 bridgehead atoms. The molecule has 0 aromatic heterocycles. The summed E-state index contributed by atoms with van der Waals surface area (Å²) in [5.74, 6) is 1.48. The SMILES string of the molecule is CC(C)CCS(=O)C(C)CCN. The largest absolute Gasteiger partial charge is 0.330 e. The Labute approximate surface area is 78.4 Å². The second-order valence-corrected chi connectivity index (χ2v) is 5.63. The highest BCUT2D eigenvalue weighted by atomic mass is 32.2. The number of hydrogen-bond donors (Lipinski definition) is 1. The maximum absolute atomic E-state index is 11.5. The summed E-state index contributed by atoms with van der Waals surface area (Å²) in [6.45, 7) is 6.98. The van der Waals surface area contributed by atoms with Crippen LogP contribution in [0.5, 0.6) is 0 Å². The van der Waals surface area contributed by atoms with Crippen LogP contribution in [-0.2, 0) is 10.8 Å². The summed E-state index contributed by atoms with van der Waals surface area (Å²) < 4.78 is 11.5. The third kappa shape index (κ3) is 5.72. The maximum atomic E-state index is 11.5. The Morgan fingerprint density at radius 1 is 1.25 bits per heavy atom. The van der Waals surface area contributed by atoms with Crippen molar-refractivity contribution < 1.29 is 4.21 Å². The van der Waals surface area contributed by atoms with Crippen molar-refractivity contribution >= 4 is 10.8 Å². The fourth-order valence-electron chi connectivity index (χ4n) is 0.919. The molecule has 0 amide bonds. The highest BCUT2D eigenvalue weighted by Gasteiger charge is 2.09. The average Bonchev–Trinajstić information content (AvgIpc) is 2.00. The fourth-order valence-corrected chi connectivity index (χ4v) is 2.42. The van der Waals surface area contributed by atoms with Gasteiger partial charge in [-0.1, -0.05) is 20.8 Å². The zero-order chi connectivity index (χ0) is 9.56. The Kier molecular flexibility index (Phi) is 6.67. The fraction of sp³-hybridized carbons (Fsp3) is 1.00. The van der Waals surface area contributed by atoms with Crippen LogP contribution in [0.15, 0.2) is 0 Å². The molecule has 0 fully saturated rings. The van der Waals surface area contributed by atoms with Crippen molar-refractivity contribution in [2.45, 2.75) is 38.9 Å². The van der Waals surface area contributed by atoms with E-state index >= 15 is 0 Å². The van der Waals surface area contributed by atoms with Crippen molar-refractivity contribution in [1.82, 2.24) is 0 Å². The molecule has 0 radical (unpaired) electrons. The van der Waals surface area contributed by atoms with E-state index < -0.39 is 10.8 Å². The summed E-state index contributed by atoms with van der Waals surface area (Å²) >= 11 is 0. The molecule has 0 rings (SSSR count). The van der Waals surface area contributed by atoms with Crippen LogP contribution in [-0.4, -0.2) is 21.8 Å². The molecule has 2 N–H and O–H groups in total. The third-order valence-electron chi connectivity index (χ3n) is 1.92. The summed E-state index contributed by atoms with van der Waals surface area (Å²) in [4.78, 5) is 0. The van der Waals surface area contributed by atoms with E-state index in [1.807, 2.05) is 6.92 Å². The van der Waals surface area contributed by atoms with Gasteiger partial charge in [-0.2, -0.15) is 0 Å². The van der Waals surface area contributed by atoms with Gasteiger partial charge in [0.1, 0.15) is 0 Å². The Hall–Kier alpha value is 0.110. The minimum absolute atomic E-state index is 0.272. The molecule has 0 saturated heterocycles. The average molecular weight is 191 g/mol. The van der Waals surface area contributed by atoms with E-state index in [0.717, 1.165) is 18.6 Å². The van der Waals surface area contributed by atoms with Crippen molar-refractivity contribution in [2.24, 2.45) is 11.7 Å². The molecule has 2 nitrogen and oxygen atoms in total. The smallest absolute Gasteiger partial charge is 0.0331 e. The molecule has 2 atom stereocenters. The molecule has 74 valence electrons. The van der Waals surface area contributed by atoms with E-state index in [1.165, 1.54) is 0 Å². The molecule has 0 aliphatic rings. The first-order valence-electron chi connectivity index (χ1n) is 4.65. The van der Waals surface area contributed by atoms with Crippen LogP contribution >= 0.6 is 0 Å². The van der Waals surface area contributed by atoms with Gasteiger partial charge in [-0.15, -0.1) is 0 Å². The second-order valence-electron chi connectivity index (χ2n) is 3.66. The van der Waals surface area contributed by atoms with E-state index in [4.69, 9.17) is 5.73 Å². The van der Waals surface area contributed by atoms with Gasteiger partial charge >= 0.3 is 0 Å². The Bertz CT molecular complexity index is 136. The van der Waals surface area contributed by atoms with Crippen LogP contribution in [0.4, 0.5) is 0 Å². The summed E-state index contributed by atoms with van der Waals surface area (Å²) in [7, 11) is -0.665. The molecule has 0 spiro atoms. The number of nitrogens with two attached hydrogens (primary N) is 1. The van der Waals surface area contributed by atoms with Gasteiger partial charge in [-0.25, -0.2) is 0 Å². The quantitative estimate of drug-likeness (QED) is 0.691. The lowest BCUT2D eigenvalue weighted by atomic mass is 10.2. The molecule has 12 heavy (non-hydrogen) atoms. The van der Waals surface area contributed by atoms with Crippen LogP contribution in [0.25, 0.3) is 0 Å². The van der Waals surface area contributed by atoms with Crippen molar-refractivity contribution in [3.8, 4) is 0 Å². The number of hydrogen-bond acceptors (Lipinski definition) is 2. The van der Waals surface area contributed by atoms with E-state index in [0.29, 0.717) is 12.5 Å². The highest BCUT2D eigenvalue weighted by molar-refractivity contribution is 7.85. The first-order chi connectivity index (χ1) is 5.57. The summed E-state index contributed by atoms with van der Waals surface area (Å²) in [5, 5.41) is 0.272. The van der Waals surface area contributed by atoms with Crippen molar-refractivity contribution in [3.05, 3.63) is 0 Å². The molecule has 0 aliphatic heterocycles. The lowest BCUT2D eigenvalue weighted by Crippen LogP contribution is -2.18. The predicted octanol–water partition coefficient (Wildman–Crippen LogP) is 1.52. The van der Waals surface area contributed by atoms with Gasteiger partial charge in [0, 0.05) is 21.8 Å². The van der Waals surface area contributed by atoms with Gasteiger partial charge in [0.25, 0.3) is 0 Å². The standard InChI is InChI=1S/C9H21NOS/c1-8(2)5-7-12(11)9(3)4-6-10/h8-9H,4-7,10H2,1-3H3. The highest BCUT2D eigenvalue weighted by Crippen LogP contribution is 2.06. The Morgan fingerprint density at radius 3 is 2.25 bits per heavy atom. The zero-order valence-corrected chi connectivity index (χ0v) is 9.19.